The van der Waals surface area contributed by atoms with Gasteiger partial charge in [-0.3, -0.25) is 4.79 Å². The third-order valence-corrected chi connectivity index (χ3v) is 5.51. The van der Waals surface area contributed by atoms with Gasteiger partial charge in [0.2, 0.25) is 5.91 Å². The molecule has 3 aromatic rings. The summed E-state index contributed by atoms with van der Waals surface area (Å²) in [5.41, 5.74) is 1.53. The Morgan fingerprint density at radius 2 is 2.17 bits per heavy atom. The monoisotopic (exact) mass is 379 g/mol. The van der Waals surface area contributed by atoms with Crippen LogP contribution in [0.25, 0.3) is 10.8 Å². The van der Waals surface area contributed by atoms with Gasteiger partial charge >= 0.3 is 0 Å². The molecule has 1 N–H and O–H groups in total. The fourth-order valence-electron chi connectivity index (χ4n) is 1.94. The van der Waals surface area contributed by atoms with Crippen LogP contribution in [0.15, 0.2) is 45.4 Å². The van der Waals surface area contributed by atoms with Gasteiger partial charge in [-0.2, -0.15) is 0 Å². The van der Waals surface area contributed by atoms with E-state index in [4.69, 9.17) is 16.0 Å². The number of hydrogen-bond donors (Lipinski definition) is 1. The van der Waals surface area contributed by atoms with Crippen molar-refractivity contribution in [2.45, 2.75) is 24.3 Å². The van der Waals surface area contributed by atoms with Crippen molar-refractivity contribution < 1.29 is 9.21 Å². The normalized spacial score (nSPS) is 12.1. The van der Waals surface area contributed by atoms with E-state index >= 15 is 0 Å². The zero-order valence-electron chi connectivity index (χ0n) is 12.9. The molecule has 2 heterocycles. The Morgan fingerprint density at radius 3 is 2.92 bits per heavy atom. The molecule has 0 saturated carbocycles. The summed E-state index contributed by atoms with van der Waals surface area (Å²) in [4.78, 5) is 13.3. The number of benzene rings is 1. The number of anilines is 1. The highest BCUT2D eigenvalue weighted by atomic mass is 35.5. The van der Waals surface area contributed by atoms with Crippen LogP contribution in [-0.2, 0) is 4.79 Å². The number of aromatic nitrogens is 2. The minimum atomic E-state index is -0.389. The van der Waals surface area contributed by atoms with E-state index in [1.807, 2.05) is 30.5 Å². The number of thiophene rings is 1. The molecule has 0 fully saturated rings. The predicted octanol–water partition coefficient (Wildman–Crippen LogP) is 4.88. The maximum absolute atomic E-state index is 12.4. The maximum atomic E-state index is 12.4. The molecular formula is C16H14ClN3O2S2. The van der Waals surface area contributed by atoms with Gasteiger partial charge in [-0.05, 0) is 43.0 Å². The van der Waals surface area contributed by atoms with Crippen molar-refractivity contribution in [2.24, 2.45) is 0 Å². The minimum Gasteiger partial charge on any atom is -0.410 e. The first-order valence-corrected chi connectivity index (χ1v) is 9.28. The fourth-order valence-corrected chi connectivity index (χ4v) is 3.44. The Balaban J connectivity index is 1.65. The maximum Gasteiger partial charge on any atom is 0.277 e. The van der Waals surface area contributed by atoms with Gasteiger partial charge in [-0.15, -0.1) is 21.5 Å². The van der Waals surface area contributed by atoms with Crippen LogP contribution >= 0.6 is 34.7 Å². The van der Waals surface area contributed by atoms with Gasteiger partial charge in [0, 0.05) is 10.7 Å². The molecule has 5 nitrogen and oxygen atoms in total. The molecular weight excluding hydrogens is 366 g/mol. The molecule has 1 aromatic carbocycles. The van der Waals surface area contributed by atoms with E-state index in [1.165, 1.54) is 23.1 Å². The van der Waals surface area contributed by atoms with Crippen LogP contribution in [0, 0.1) is 6.92 Å². The number of thioether (sulfide) groups is 1. The lowest BCUT2D eigenvalue weighted by atomic mass is 10.2. The van der Waals surface area contributed by atoms with Crippen LogP contribution in [0.5, 0.6) is 0 Å². The first-order valence-electron chi connectivity index (χ1n) is 7.14. The smallest absolute Gasteiger partial charge is 0.277 e. The summed E-state index contributed by atoms with van der Waals surface area (Å²) in [6.45, 7) is 3.65. The van der Waals surface area contributed by atoms with Gasteiger partial charge in [0.25, 0.3) is 11.1 Å². The zero-order valence-corrected chi connectivity index (χ0v) is 15.3. The van der Waals surface area contributed by atoms with Gasteiger partial charge < -0.3 is 9.73 Å². The molecule has 0 saturated heterocycles. The third kappa shape index (κ3) is 3.80. The van der Waals surface area contributed by atoms with Crippen molar-refractivity contribution >= 4 is 46.3 Å². The molecule has 0 spiro atoms. The summed E-state index contributed by atoms with van der Waals surface area (Å²) in [5, 5.41) is 13.4. The molecule has 0 aliphatic carbocycles. The number of rotatable bonds is 5. The van der Waals surface area contributed by atoms with Gasteiger partial charge in [0.1, 0.15) is 0 Å². The van der Waals surface area contributed by atoms with Crippen LogP contribution in [-0.4, -0.2) is 21.4 Å². The van der Waals surface area contributed by atoms with Crippen molar-refractivity contribution in [1.29, 1.82) is 0 Å². The van der Waals surface area contributed by atoms with E-state index in [2.05, 4.69) is 15.5 Å². The zero-order chi connectivity index (χ0) is 17.1. The van der Waals surface area contributed by atoms with Crippen LogP contribution in [0.2, 0.25) is 5.02 Å². The molecule has 2 aromatic heterocycles. The number of carbonyl (C=O) groups excluding carboxylic acids is 1. The van der Waals surface area contributed by atoms with E-state index in [-0.39, 0.29) is 11.2 Å². The van der Waals surface area contributed by atoms with E-state index in [9.17, 15) is 4.79 Å². The molecule has 0 aliphatic heterocycles. The molecule has 1 atom stereocenters. The fraction of sp³-hybridized carbons (Fsp3) is 0.188. The molecule has 1 unspecified atom stereocenters. The Kier molecular flexibility index (Phi) is 5.23. The molecule has 1 amide bonds. The summed E-state index contributed by atoms with van der Waals surface area (Å²) in [6.07, 6.45) is 0. The van der Waals surface area contributed by atoms with Crippen molar-refractivity contribution in [3.05, 3.63) is 46.3 Å². The summed E-state index contributed by atoms with van der Waals surface area (Å²) in [6, 6.07) is 9.23. The first-order chi connectivity index (χ1) is 11.5. The van der Waals surface area contributed by atoms with Crippen LogP contribution in [0.1, 0.15) is 12.5 Å². The summed E-state index contributed by atoms with van der Waals surface area (Å²) >= 11 is 8.81. The van der Waals surface area contributed by atoms with Crippen LogP contribution < -0.4 is 5.32 Å². The minimum absolute atomic E-state index is 0.152. The van der Waals surface area contributed by atoms with Crippen molar-refractivity contribution in [3.8, 4) is 10.8 Å². The average molecular weight is 380 g/mol. The van der Waals surface area contributed by atoms with E-state index in [0.717, 1.165) is 10.4 Å². The number of halogens is 1. The second kappa shape index (κ2) is 7.38. The van der Waals surface area contributed by atoms with Crippen molar-refractivity contribution in [3.63, 3.8) is 0 Å². The van der Waals surface area contributed by atoms with Crippen LogP contribution in [0.4, 0.5) is 5.69 Å². The lowest BCUT2D eigenvalue weighted by Crippen LogP contribution is -2.22. The Hall–Kier alpha value is -1.83. The van der Waals surface area contributed by atoms with Gasteiger partial charge in [-0.1, -0.05) is 35.5 Å². The lowest BCUT2D eigenvalue weighted by Gasteiger charge is -2.12. The Labute approximate surface area is 152 Å². The average Bonchev–Trinajstić information content (AvgIpc) is 3.22. The van der Waals surface area contributed by atoms with Gasteiger partial charge in [-0.25, -0.2) is 0 Å². The number of nitrogens with one attached hydrogen (secondary N) is 1. The quantitative estimate of drug-likeness (QED) is 0.640. The second-order valence-electron chi connectivity index (χ2n) is 5.01. The van der Waals surface area contributed by atoms with E-state index in [0.29, 0.717) is 21.8 Å². The Morgan fingerprint density at radius 1 is 1.33 bits per heavy atom. The lowest BCUT2D eigenvalue weighted by molar-refractivity contribution is -0.115. The van der Waals surface area contributed by atoms with Gasteiger partial charge in [0.15, 0.2) is 0 Å². The highest BCUT2D eigenvalue weighted by Crippen LogP contribution is 2.29. The highest BCUT2D eigenvalue weighted by molar-refractivity contribution is 8.00. The molecule has 24 heavy (non-hydrogen) atoms. The summed E-state index contributed by atoms with van der Waals surface area (Å²) in [7, 11) is 0. The SMILES string of the molecule is Cc1c(Cl)cccc1NC(=O)C(C)Sc1nnc(-c2cccs2)o1. The number of amides is 1. The number of hydrogen-bond acceptors (Lipinski definition) is 6. The van der Waals surface area contributed by atoms with E-state index < -0.39 is 0 Å². The van der Waals surface area contributed by atoms with Crippen LogP contribution in [0.3, 0.4) is 0 Å². The number of nitrogens with zero attached hydrogens (tertiary/aromatic N) is 2. The summed E-state index contributed by atoms with van der Waals surface area (Å²) < 4.78 is 5.59. The molecule has 0 bridgehead atoms. The number of carbonyl (C=O) groups is 1. The molecule has 0 radical (unpaired) electrons. The predicted molar refractivity (Wildman–Crippen MR) is 97.7 cm³/mol. The standard InChI is InChI=1S/C16H14ClN3O2S2/c1-9-11(17)5-3-6-12(9)18-14(21)10(2)24-16-20-19-15(22-16)13-7-4-8-23-13/h3-8,10H,1-2H3,(H,18,21). The highest BCUT2D eigenvalue weighted by Gasteiger charge is 2.19. The van der Waals surface area contributed by atoms with Crippen molar-refractivity contribution in [1.82, 2.24) is 10.2 Å². The molecule has 0 aliphatic rings. The summed E-state index contributed by atoms with van der Waals surface area (Å²) in [5.74, 6) is 0.312. The van der Waals surface area contributed by atoms with Gasteiger partial charge in [0.05, 0.1) is 10.1 Å². The first kappa shape index (κ1) is 17.0. The third-order valence-electron chi connectivity index (χ3n) is 3.31. The van der Waals surface area contributed by atoms with E-state index in [1.54, 1.807) is 19.1 Å². The van der Waals surface area contributed by atoms with Crippen molar-refractivity contribution in [2.75, 3.05) is 5.32 Å². The topological polar surface area (TPSA) is 68.0 Å². The second-order valence-corrected chi connectivity index (χ2v) is 7.66. The molecule has 3 rings (SSSR count). The largest absolute Gasteiger partial charge is 0.410 e. The molecule has 8 heteroatoms. The molecule has 124 valence electrons. The Bertz CT molecular complexity index is 849.